The highest BCUT2D eigenvalue weighted by Gasteiger charge is 2.20. The number of nitrogens with zero attached hydrogens (tertiary/aromatic N) is 1. The molecule has 1 aromatic rings. The van der Waals surface area contributed by atoms with Crippen LogP contribution in [0.1, 0.15) is 36.8 Å². The van der Waals surface area contributed by atoms with Crippen molar-refractivity contribution in [2.75, 3.05) is 11.9 Å². The van der Waals surface area contributed by atoms with Crippen LogP contribution in [0.25, 0.3) is 0 Å². The van der Waals surface area contributed by atoms with Crippen molar-refractivity contribution in [3.8, 4) is 0 Å². The van der Waals surface area contributed by atoms with Crippen LogP contribution in [0.4, 0.5) is 5.69 Å². The first-order valence-corrected chi connectivity index (χ1v) is 7.23. The SMILES string of the molecule is Cc1cc(CBr)ccc1N(C)C1CCCC1. The van der Waals surface area contributed by atoms with Crippen LogP contribution in [0.5, 0.6) is 0 Å². The van der Waals surface area contributed by atoms with Crippen molar-refractivity contribution in [1.82, 2.24) is 0 Å². The Hall–Kier alpha value is -0.500. The van der Waals surface area contributed by atoms with Crippen LogP contribution in [0, 0.1) is 6.92 Å². The minimum Gasteiger partial charge on any atom is -0.371 e. The van der Waals surface area contributed by atoms with E-state index in [1.165, 1.54) is 42.5 Å². The van der Waals surface area contributed by atoms with Crippen LogP contribution >= 0.6 is 15.9 Å². The summed E-state index contributed by atoms with van der Waals surface area (Å²) in [5.41, 5.74) is 4.16. The topological polar surface area (TPSA) is 3.24 Å². The molecule has 0 N–H and O–H groups in total. The zero-order valence-corrected chi connectivity index (χ0v) is 11.8. The molecule has 1 aliphatic rings. The Balaban J connectivity index is 2.19. The lowest BCUT2D eigenvalue weighted by Gasteiger charge is -2.28. The second-order valence-corrected chi connectivity index (χ2v) is 5.36. The van der Waals surface area contributed by atoms with Gasteiger partial charge in [0.2, 0.25) is 0 Å². The lowest BCUT2D eigenvalue weighted by molar-refractivity contribution is 0.652. The van der Waals surface area contributed by atoms with Gasteiger partial charge in [-0.25, -0.2) is 0 Å². The molecule has 2 rings (SSSR count). The van der Waals surface area contributed by atoms with Crippen molar-refractivity contribution in [3.63, 3.8) is 0 Å². The molecule has 0 aliphatic heterocycles. The second kappa shape index (κ2) is 5.22. The average Bonchev–Trinajstić information content (AvgIpc) is 2.81. The number of rotatable bonds is 3. The first-order chi connectivity index (χ1) is 7.72. The van der Waals surface area contributed by atoms with Crippen molar-refractivity contribution in [3.05, 3.63) is 29.3 Å². The van der Waals surface area contributed by atoms with E-state index in [1.807, 2.05) is 0 Å². The van der Waals surface area contributed by atoms with Gasteiger partial charge in [-0.1, -0.05) is 40.9 Å². The highest BCUT2D eigenvalue weighted by Crippen LogP contribution is 2.29. The summed E-state index contributed by atoms with van der Waals surface area (Å²) in [4.78, 5) is 2.47. The van der Waals surface area contributed by atoms with Gasteiger partial charge in [0.1, 0.15) is 0 Å². The molecule has 0 spiro atoms. The molecule has 0 bridgehead atoms. The molecule has 1 nitrogen and oxygen atoms in total. The maximum atomic E-state index is 3.51. The van der Waals surface area contributed by atoms with Crippen LogP contribution < -0.4 is 4.90 Å². The average molecular weight is 282 g/mol. The number of anilines is 1. The molecule has 0 radical (unpaired) electrons. The van der Waals surface area contributed by atoms with Gasteiger partial charge in [0.25, 0.3) is 0 Å². The molecule has 0 saturated heterocycles. The highest BCUT2D eigenvalue weighted by molar-refractivity contribution is 9.08. The van der Waals surface area contributed by atoms with Gasteiger partial charge in [0.15, 0.2) is 0 Å². The minimum atomic E-state index is 0.758. The normalized spacial score (nSPS) is 16.7. The molecule has 0 heterocycles. The van der Waals surface area contributed by atoms with Crippen LogP contribution in [-0.4, -0.2) is 13.1 Å². The molecule has 0 aromatic heterocycles. The molecule has 2 heteroatoms. The Labute approximate surface area is 107 Å². The largest absolute Gasteiger partial charge is 0.371 e. The summed E-state index contributed by atoms with van der Waals surface area (Å²) in [5, 5.41) is 0.946. The van der Waals surface area contributed by atoms with Crippen LogP contribution in [-0.2, 0) is 5.33 Å². The van der Waals surface area contributed by atoms with E-state index in [4.69, 9.17) is 0 Å². The summed E-state index contributed by atoms with van der Waals surface area (Å²) < 4.78 is 0. The summed E-state index contributed by atoms with van der Waals surface area (Å²) in [6.45, 7) is 2.22. The maximum absolute atomic E-state index is 3.51. The Morgan fingerprint density at radius 1 is 1.31 bits per heavy atom. The standard InChI is InChI=1S/C14H20BrN/c1-11-9-12(10-15)7-8-14(11)16(2)13-5-3-4-6-13/h7-9,13H,3-6,10H2,1-2H3. The van der Waals surface area contributed by atoms with E-state index in [9.17, 15) is 0 Å². The Morgan fingerprint density at radius 3 is 2.56 bits per heavy atom. The third kappa shape index (κ3) is 2.42. The van der Waals surface area contributed by atoms with Gasteiger partial charge >= 0.3 is 0 Å². The summed E-state index contributed by atoms with van der Waals surface area (Å²) in [7, 11) is 2.24. The van der Waals surface area contributed by atoms with Crippen LogP contribution in [0.15, 0.2) is 18.2 Å². The van der Waals surface area contributed by atoms with Gasteiger partial charge < -0.3 is 4.90 Å². The molecule has 1 saturated carbocycles. The van der Waals surface area contributed by atoms with Gasteiger partial charge in [-0.3, -0.25) is 0 Å². The zero-order chi connectivity index (χ0) is 11.5. The van der Waals surface area contributed by atoms with E-state index in [-0.39, 0.29) is 0 Å². The molecule has 0 amide bonds. The highest BCUT2D eigenvalue weighted by atomic mass is 79.9. The van der Waals surface area contributed by atoms with Crippen LogP contribution in [0.3, 0.4) is 0 Å². The number of hydrogen-bond acceptors (Lipinski definition) is 1. The van der Waals surface area contributed by atoms with Crippen molar-refractivity contribution in [2.24, 2.45) is 0 Å². The third-order valence-electron chi connectivity index (χ3n) is 3.67. The molecule has 0 unspecified atom stereocenters. The Kier molecular flexibility index (Phi) is 3.91. The third-order valence-corrected chi connectivity index (χ3v) is 4.32. The summed E-state index contributed by atoms with van der Waals surface area (Å²) in [6, 6.07) is 7.54. The first kappa shape index (κ1) is 12.0. The number of hydrogen-bond donors (Lipinski definition) is 0. The number of benzene rings is 1. The Bertz CT molecular complexity index is 356. The predicted octanol–water partition coefficient (Wildman–Crippen LogP) is 4.27. The van der Waals surface area contributed by atoms with E-state index in [1.54, 1.807) is 0 Å². The van der Waals surface area contributed by atoms with E-state index in [0.29, 0.717) is 0 Å². The number of alkyl halides is 1. The van der Waals surface area contributed by atoms with E-state index in [0.717, 1.165) is 11.4 Å². The van der Waals surface area contributed by atoms with Gasteiger partial charge in [0.05, 0.1) is 0 Å². The van der Waals surface area contributed by atoms with E-state index >= 15 is 0 Å². The number of aryl methyl sites for hydroxylation is 1. The maximum Gasteiger partial charge on any atom is 0.0396 e. The molecule has 88 valence electrons. The van der Waals surface area contributed by atoms with E-state index in [2.05, 4.69) is 53.0 Å². The molecule has 1 aliphatic carbocycles. The molecule has 1 fully saturated rings. The van der Waals surface area contributed by atoms with Crippen molar-refractivity contribution in [1.29, 1.82) is 0 Å². The first-order valence-electron chi connectivity index (χ1n) is 6.10. The molecule has 16 heavy (non-hydrogen) atoms. The predicted molar refractivity (Wildman–Crippen MR) is 74.5 cm³/mol. The molecular weight excluding hydrogens is 262 g/mol. The molecular formula is C14H20BrN. The fraction of sp³-hybridized carbons (Fsp3) is 0.571. The van der Waals surface area contributed by atoms with Crippen LogP contribution in [0.2, 0.25) is 0 Å². The van der Waals surface area contributed by atoms with Gasteiger partial charge in [-0.15, -0.1) is 0 Å². The fourth-order valence-corrected chi connectivity index (χ4v) is 3.03. The van der Waals surface area contributed by atoms with E-state index < -0.39 is 0 Å². The quantitative estimate of drug-likeness (QED) is 0.748. The summed E-state index contributed by atoms with van der Waals surface area (Å²) in [5.74, 6) is 0. The van der Waals surface area contributed by atoms with Gasteiger partial charge in [0, 0.05) is 24.1 Å². The van der Waals surface area contributed by atoms with Crippen molar-refractivity contribution < 1.29 is 0 Å². The molecule has 1 aromatic carbocycles. The monoisotopic (exact) mass is 281 g/mol. The fourth-order valence-electron chi connectivity index (χ4n) is 2.68. The summed E-state index contributed by atoms with van der Waals surface area (Å²) in [6.07, 6.45) is 5.51. The van der Waals surface area contributed by atoms with Gasteiger partial charge in [-0.2, -0.15) is 0 Å². The lowest BCUT2D eigenvalue weighted by Crippen LogP contribution is -2.29. The zero-order valence-electron chi connectivity index (χ0n) is 10.2. The summed E-state index contributed by atoms with van der Waals surface area (Å²) >= 11 is 3.51. The number of halogens is 1. The minimum absolute atomic E-state index is 0.758. The smallest absolute Gasteiger partial charge is 0.0396 e. The Morgan fingerprint density at radius 2 is 2.00 bits per heavy atom. The van der Waals surface area contributed by atoms with Crippen molar-refractivity contribution in [2.45, 2.75) is 44.0 Å². The van der Waals surface area contributed by atoms with Crippen molar-refractivity contribution >= 4 is 21.6 Å². The molecule has 0 atom stereocenters. The lowest BCUT2D eigenvalue weighted by atomic mass is 10.1. The van der Waals surface area contributed by atoms with Gasteiger partial charge in [-0.05, 0) is 37.0 Å². The second-order valence-electron chi connectivity index (χ2n) is 4.80.